The highest BCUT2D eigenvalue weighted by atomic mass is 16.2. The maximum atomic E-state index is 11.4. The van der Waals surface area contributed by atoms with Gasteiger partial charge in [0.05, 0.1) is 11.6 Å². The van der Waals surface area contributed by atoms with E-state index in [-0.39, 0.29) is 5.91 Å². The summed E-state index contributed by atoms with van der Waals surface area (Å²) in [5.41, 5.74) is 1.68. The van der Waals surface area contributed by atoms with E-state index in [1.165, 1.54) is 0 Å². The van der Waals surface area contributed by atoms with E-state index < -0.39 is 0 Å². The fourth-order valence-electron chi connectivity index (χ4n) is 1.83. The van der Waals surface area contributed by atoms with E-state index in [0.29, 0.717) is 18.5 Å². The summed E-state index contributed by atoms with van der Waals surface area (Å²) >= 11 is 0. The van der Waals surface area contributed by atoms with Crippen molar-refractivity contribution in [2.75, 3.05) is 6.54 Å². The summed E-state index contributed by atoms with van der Waals surface area (Å²) in [6.45, 7) is 1.48. The lowest BCUT2D eigenvalue weighted by atomic mass is 10.1. The van der Waals surface area contributed by atoms with Gasteiger partial charge in [0.1, 0.15) is 0 Å². The van der Waals surface area contributed by atoms with Gasteiger partial charge in [-0.3, -0.25) is 4.79 Å². The summed E-state index contributed by atoms with van der Waals surface area (Å²) in [6.07, 6.45) is 1.62. The van der Waals surface area contributed by atoms with Crippen molar-refractivity contribution in [2.24, 2.45) is 0 Å². The molecule has 15 heavy (non-hydrogen) atoms. The van der Waals surface area contributed by atoms with Gasteiger partial charge in [0, 0.05) is 19.5 Å². The van der Waals surface area contributed by atoms with Gasteiger partial charge in [-0.1, -0.05) is 12.1 Å². The Kier molecular flexibility index (Phi) is 2.68. The van der Waals surface area contributed by atoms with Crippen molar-refractivity contribution in [2.45, 2.75) is 19.4 Å². The SMILES string of the molecule is N#Cc1cccc(CN2CCCC2=O)c1. The number of carbonyl (C=O) groups is 1. The predicted octanol–water partition coefficient (Wildman–Crippen LogP) is 1.68. The van der Waals surface area contributed by atoms with Crippen LogP contribution in [-0.2, 0) is 11.3 Å². The maximum absolute atomic E-state index is 11.4. The van der Waals surface area contributed by atoms with E-state index >= 15 is 0 Å². The minimum Gasteiger partial charge on any atom is -0.338 e. The number of nitrogens with zero attached hydrogens (tertiary/aromatic N) is 2. The van der Waals surface area contributed by atoms with Gasteiger partial charge in [0.15, 0.2) is 0 Å². The molecule has 1 aliphatic rings. The molecule has 0 unspecified atom stereocenters. The monoisotopic (exact) mass is 200 g/mol. The molecule has 2 rings (SSSR count). The molecule has 0 spiro atoms. The summed E-state index contributed by atoms with van der Waals surface area (Å²) in [5, 5.41) is 8.74. The zero-order valence-electron chi connectivity index (χ0n) is 8.44. The minimum atomic E-state index is 0.220. The van der Waals surface area contributed by atoms with Crippen LogP contribution >= 0.6 is 0 Å². The van der Waals surface area contributed by atoms with E-state index in [2.05, 4.69) is 6.07 Å². The van der Waals surface area contributed by atoms with Gasteiger partial charge >= 0.3 is 0 Å². The van der Waals surface area contributed by atoms with Crippen molar-refractivity contribution in [3.05, 3.63) is 35.4 Å². The van der Waals surface area contributed by atoms with Crippen molar-refractivity contribution in [3.8, 4) is 6.07 Å². The molecule has 1 fully saturated rings. The first kappa shape index (κ1) is 9.72. The van der Waals surface area contributed by atoms with Crippen molar-refractivity contribution in [1.29, 1.82) is 5.26 Å². The van der Waals surface area contributed by atoms with Crippen molar-refractivity contribution < 1.29 is 4.79 Å². The number of hydrogen-bond donors (Lipinski definition) is 0. The number of hydrogen-bond acceptors (Lipinski definition) is 2. The van der Waals surface area contributed by atoms with Crippen molar-refractivity contribution in [1.82, 2.24) is 4.90 Å². The zero-order chi connectivity index (χ0) is 10.7. The van der Waals surface area contributed by atoms with Crippen LogP contribution in [0.25, 0.3) is 0 Å². The van der Waals surface area contributed by atoms with Gasteiger partial charge < -0.3 is 4.90 Å². The number of likely N-dealkylation sites (tertiary alicyclic amines) is 1. The lowest BCUT2D eigenvalue weighted by molar-refractivity contribution is -0.128. The minimum absolute atomic E-state index is 0.220. The molecule has 76 valence electrons. The second-order valence-electron chi connectivity index (χ2n) is 3.73. The molecule has 1 heterocycles. The highest BCUT2D eigenvalue weighted by Crippen LogP contribution is 2.14. The van der Waals surface area contributed by atoms with Gasteiger partial charge in [-0.25, -0.2) is 0 Å². The maximum Gasteiger partial charge on any atom is 0.222 e. The van der Waals surface area contributed by atoms with Crippen LogP contribution in [0, 0.1) is 11.3 Å². The van der Waals surface area contributed by atoms with Gasteiger partial charge in [0.2, 0.25) is 5.91 Å². The predicted molar refractivity (Wildman–Crippen MR) is 55.8 cm³/mol. The Hall–Kier alpha value is -1.82. The smallest absolute Gasteiger partial charge is 0.222 e. The summed E-state index contributed by atoms with van der Waals surface area (Å²) in [4.78, 5) is 13.2. The summed E-state index contributed by atoms with van der Waals surface area (Å²) in [7, 11) is 0. The number of rotatable bonds is 2. The molecule has 0 atom stereocenters. The van der Waals surface area contributed by atoms with Gasteiger partial charge in [-0.05, 0) is 24.1 Å². The summed E-state index contributed by atoms with van der Waals surface area (Å²) < 4.78 is 0. The average molecular weight is 200 g/mol. The second-order valence-corrected chi connectivity index (χ2v) is 3.73. The molecular weight excluding hydrogens is 188 g/mol. The van der Waals surface area contributed by atoms with E-state index in [4.69, 9.17) is 5.26 Å². The molecule has 0 aromatic heterocycles. The highest BCUT2D eigenvalue weighted by molar-refractivity contribution is 5.78. The topological polar surface area (TPSA) is 44.1 Å². The van der Waals surface area contributed by atoms with Gasteiger partial charge in [-0.2, -0.15) is 5.26 Å². The largest absolute Gasteiger partial charge is 0.338 e. The van der Waals surface area contributed by atoms with Crippen molar-refractivity contribution >= 4 is 5.91 Å². The third-order valence-electron chi connectivity index (χ3n) is 2.60. The molecule has 0 N–H and O–H groups in total. The van der Waals surface area contributed by atoms with Crippen LogP contribution in [0.1, 0.15) is 24.0 Å². The van der Waals surface area contributed by atoms with Crippen LogP contribution in [0.5, 0.6) is 0 Å². The van der Waals surface area contributed by atoms with Crippen LogP contribution in [0.2, 0.25) is 0 Å². The lowest BCUT2D eigenvalue weighted by Crippen LogP contribution is -2.23. The Labute approximate surface area is 88.9 Å². The van der Waals surface area contributed by atoms with E-state index in [1.807, 2.05) is 23.1 Å². The Morgan fingerprint density at radius 3 is 3.00 bits per heavy atom. The molecule has 1 saturated heterocycles. The van der Waals surface area contributed by atoms with E-state index in [9.17, 15) is 4.79 Å². The number of benzene rings is 1. The third-order valence-corrected chi connectivity index (χ3v) is 2.60. The average Bonchev–Trinajstić information content (AvgIpc) is 2.65. The van der Waals surface area contributed by atoms with Gasteiger partial charge in [-0.15, -0.1) is 0 Å². The Balaban J connectivity index is 2.10. The molecule has 1 aromatic carbocycles. The molecule has 0 bridgehead atoms. The normalized spacial score (nSPS) is 15.4. The van der Waals surface area contributed by atoms with Crippen LogP contribution in [0.4, 0.5) is 0 Å². The molecule has 3 heteroatoms. The first-order valence-corrected chi connectivity index (χ1v) is 5.06. The fraction of sp³-hybridized carbons (Fsp3) is 0.333. The third kappa shape index (κ3) is 2.16. The van der Waals surface area contributed by atoms with Gasteiger partial charge in [0.25, 0.3) is 0 Å². The van der Waals surface area contributed by atoms with Crippen LogP contribution < -0.4 is 0 Å². The summed E-state index contributed by atoms with van der Waals surface area (Å²) in [6, 6.07) is 9.52. The zero-order valence-corrected chi connectivity index (χ0v) is 8.44. The first-order chi connectivity index (χ1) is 7.29. The fourth-order valence-corrected chi connectivity index (χ4v) is 1.83. The first-order valence-electron chi connectivity index (χ1n) is 5.06. The Morgan fingerprint density at radius 2 is 2.33 bits per heavy atom. The second kappa shape index (κ2) is 4.14. The standard InChI is InChI=1S/C12H12N2O/c13-8-10-3-1-4-11(7-10)9-14-6-2-5-12(14)15/h1,3-4,7H,2,5-6,9H2. The number of carbonyl (C=O) groups excluding carboxylic acids is 1. The summed E-state index contributed by atoms with van der Waals surface area (Å²) in [5.74, 6) is 0.220. The van der Waals surface area contributed by atoms with Crippen molar-refractivity contribution in [3.63, 3.8) is 0 Å². The molecule has 0 aliphatic carbocycles. The molecule has 3 nitrogen and oxygen atoms in total. The molecule has 1 aromatic rings. The van der Waals surface area contributed by atoms with E-state index in [1.54, 1.807) is 6.07 Å². The molecular formula is C12H12N2O. The van der Waals surface area contributed by atoms with Crippen LogP contribution in [0.15, 0.2) is 24.3 Å². The highest BCUT2D eigenvalue weighted by Gasteiger charge is 2.19. The Morgan fingerprint density at radius 1 is 1.47 bits per heavy atom. The molecule has 0 radical (unpaired) electrons. The molecule has 1 aliphatic heterocycles. The van der Waals surface area contributed by atoms with Crippen LogP contribution in [-0.4, -0.2) is 17.4 Å². The Bertz CT molecular complexity index is 420. The lowest BCUT2D eigenvalue weighted by Gasteiger charge is -2.15. The molecule has 0 saturated carbocycles. The number of amides is 1. The molecule has 1 amide bonds. The van der Waals surface area contributed by atoms with E-state index in [0.717, 1.165) is 18.5 Å². The quantitative estimate of drug-likeness (QED) is 0.729. The van der Waals surface area contributed by atoms with Crippen LogP contribution in [0.3, 0.4) is 0 Å². The number of nitriles is 1.